The highest BCUT2D eigenvalue weighted by Crippen LogP contribution is 2.65. The molecule has 23 heavy (non-hydrogen) atoms. The fourth-order valence-corrected chi connectivity index (χ4v) is 7.14. The molecule has 4 aliphatic carbocycles. The van der Waals surface area contributed by atoms with Crippen LogP contribution in [0, 0.1) is 40.4 Å². The van der Waals surface area contributed by atoms with E-state index in [2.05, 4.69) is 33.8 Å². The topological polar surface area (TPSA) is 17.1 Å². The fourth-order valence-electron chi connectivity index (χ4n) is 7.14. The Balaban J connectivity index is 1.69. The summed E-state index contributed by atoms with van der Waals surface area (Å²) in [6.45, 7) is 9.39. The van der Waals surface area contributed by atoms with Gasteiger partial charge in [0.15, 0.2) is 0 Å². The van der Waals surface area contributed by atoms with E-state index in [1.165, 1.54) is 44.9 Å². The highest BCUT2D eigenvalue weighted by molar-refractivity contribution is 5.89. The quantitative estimate of drug-likeness (QED) is 0.560. The van der Waals surface area contributed by atoms with Crippen LogP contribution >= 0.6 is 0 Å². The van der Waals surface area contributed by atoms with Gasteiger partial charge in [0.1, 0.15) is 5.78 Å². The third-order valence-electron chi connectivity index (χ3n) is 8.62. The molecule has 1 unspecified atom stereocenters. The van der Waals surface area contributed by atoms with Crippen molar-refractivity contribution in [2.75, 3.05) is 0 Å². The molecule has 0 saturated heterocycles. The van der Waals surface area contributed by atoms with Gasteiger partial charge >= 0.3 is 0 Å². The first-order chi connectivity index (χ1) is 10.9. The monoisotopic (exact) mass is 314 g/mol. The second kappa shape index (κ2) is 5.20. The first-order valence-corrected chi connectivity index (χ1v) is 10.1. The highest BCUT2D eigenvalue weighted by Gasteiger charge is 2.60. The number of hydrogen-bond donors (Lipinski definition) is 0. The maximum Gasteiger partial charge on any atom is 0.142 e. The minimum Gasteiger partial charge on any atom is -0.299 e. The molecular formula is C22H34O. The molecule has 0 radical (unpaired) electrons. The summed E-state index contributed by atoms with van der Waals surface area (Å²) >= 11 is 0. The Morgan fingerprint density at radius 3 is 2.61 bits per heavy atom. The van der Waals surface area contributed by atoms with E-state index in [9.17, 15) is 4.79 Å². The van der Waals surface area contributed by atoms with E-state index in [4.69, 9.17) is 0 Å². The number of carbonyl (C=O) groups is 1. The van der Waals surface area contributed by atoms with Crippen molar-refractivity contribution in [1.82, 2.24) is 0 Å². The van der Waals surface area contributed by atoms with Crippen LogP contribution in [0.4, 0.5) is 0 Å². The van der Waals surface area contributed by atoms with Crippen molar-refractivity contribution in [3.05, 3.63) is 11.6 Å². The Hall–Kier alpha value is -0.590. The molecule has 1 heteroatoms. The molecule has 1 nitrogen and oxygen atoms in total. The Morgan fingerprint density at radius 2 is 1.87 bits per heavy atom. The zero-order valence-corrected chi connectivity index (χ0v) is 15.5. The molecule has 0 aromatic rings. The summed E-state index contributed by atoms with van der Waals surface area (Å²) in [5.74, 6) is 3.72. The normalized spacial score (nSPS) is 49.4. The fraction of sp³-hybridized carbons (Fsp3) is 0.864. The van der Waals surface area contributed by atoms with Crippen molar-refractivity contribution in [3.8, 4) is 0 Å². The van der Waals surface area contributed by atoms with Gasteiger partial charge in [0, 0.05) is 11.3 Å². The third kappa shape index (κ3) is 2.07. The average Bonchev–Trinajstić information content (AvgIpc) is 2.79. The van der Waals surface area contributed by atoms with Crippen LogP contribution in [0.15, 0.2) is 11.6 Å². The van der Waals surface area contributed by atoms with E-state index in [0.717, 1.165) is 18.3 Å². The second-order valence-electron chi connectivity index (χ2n) is 9.87. The van der Waals surface area contributed by atoms with Crippen molar-refractivity contribution >= 4 is 5.78 Å². The number of fused-ring (bicyclic) bond motifs is 5. The zero-order chi connectivity index (χ0) is 16.4. The van der Waals surface area contributed by atoms with Crippen LogP contribution in [0.3, 0.4) is 0 Å². The van der Waals surface area contributed by atoms with Crippen molar-refractivity contribution in [3.63, 3.8) is 0 Å². The van der Waals surface area contributed by atoms with Gasteiger partial charge < -0.3 is 0 Å². The maximum atomic E-state index is 13.1. The number of rotatable bonds is 1. The molecule has 0 aromatic heterocycles. The van der Waals surface area contributed by atoms with Crippen molar-refractivity contribution < 1.29 is 4.79 Å². The molecule has 0 aromatic carbocycles. The number of Topliss-reactive ketones (excluding diaryl/α,β-unsaturated/α-hetero) is 1. The van der Waals surface area contributed by atoms with Crippen LogP contribution in [0.2, 0.25) is 0 Å². The summed E-state index contributed by atoms with van der Waals surface area (Å²) in [7, 11) is 0. The van der Waals surface area contributed by atoms with Crippen molar-refractivity contribution in [1.29, 1.82) is 0 Å². The van der Waals surface area contributed by atoms with Crippen LogP contribution in [0.1, 0.15) is 79.1 Å². The Kier molecular flexibility index (Phi) is 3.60. The molecule has 0 bridgehead atoms. The first kappa shape index (κ1) is 15.9. The number of carbonyl (C=O) groups excluding carboxylic acids is 1. The largest absolute Gasteiger partial charge is 0.299 e. The second-order valence-corrected chi connectivity index (χ2v) is 9.87. The average molecular weight is 315 g/mol. The van der Waals surface area contributed by atoms with Crippen LogP contribution < -0.4 is 0 Å². The zero-order valence-electron chi connectivity index (χ0n) is 15.5. The molecule has 4 aliphatic rings. The molecule has 3 fully saturated rings. The van der Waals surface area contributed by atoms with Crippen LogP contribution in [0.5, 0.6) is 0 Å². The molecule has 6 atom stereocenters. The van der Waals surface area contributed by atoms with Crippen LogP contribution in [-0.2, 0) is 4.79 Å². The van der Waals surface area contributed by atoms with Gasteiger partial charge in [-0.25, -0.2) is 0 Å². The molecule has 128 valence electrons. The van der Waals surface area contributed by atoms with Crippen molar-refractivity contribution in [2.45, 2.75) is 79.1 Å². The standard InChI is InChI=1S/C22H34O/c1-14(2)17-13-19-16-9-8-15-7-5-6-11-21(15,3)18(16)10-12-22(19,4)20(17)23/h8,14,16-19H,5-7,9-13H2,1-4H3/t16-,17?,18-,19+,21+,22+/m1/s1. The summed E-state index contributed by atoms with van der Waals surface area (Å²) in [6.07, 6.45) is 13.0. The lowest BCUT2D eigenvalue weighted by atomic mass is 9.48. The minimum absolute atomic E-state index is 0.00747. The Bertz CT molecular complexity index is 544. The minimum atomic E-state index is -0.00747. The molecule has 0 amide bonds. The molecule has 0 aliphatic heterocycles. The lowest BCUT2D eigenvalue weighted by Crippen LogP contribution is -2.49. The SMILES string of the molecule is CC(C)C1C[C@H]2[C@@H]3CC=C4CCCC[C@]4(C)[C@@H]3CC[C@]2(C)C1=O. The van der Waals surface area contributed by atoms with E-state index in [-0.39, 0.29) is 5.41 Å². The lowest BCUT2D eigenvalue weighted by Gasteiger charge is -2.56. The van der Waals surface area contributed by atoms with Gasteiger partial charge in [-0.05, 0) is 74.0 Å². The predicted molar refractivity (Wildman–Crippen MR) is 95.0 cm³/mol. The van der Waals surface area contributed by atoms with Gasteiger partial charge in [0.2, 0.25) is 0 Å². The lowest BCUT2D eigenvalue weighted by molar-refractivity contribution is -0.134. The Labute approximate surface area is 142 Å². The summed E-state index contributed by atoms with van der Waals surface area (Å²) < 4.78 is 0. The van der Waals surface area contributed by atoms with Gasteiger partial charge in [-0.1, -0.05) is 45.8 Å². The predicted octanol–water partition coefficient (Wildman–Crippen LogP) is 5.79. The van der Waals surface area contributed by atoms with Crippen LogP contribution in [-0.4, -0.2) is 5.78 Å². The molecule has 0 spiro atoms. The van der Waals surface area contributed by atoms with Gasteiger partial charge in [0.05, 0.1) is 0 Å². The van der Waals surface area contributed by atoms with Gasteiger partial charge in [0.25, 0.3) is 0 Å². The molecule has 4 rings (SSSR count). The summed E-state index contributed by atoms with van der Waals surface area (Å²) in [6, 6.07) is 0. The van der Waals surface area contributed by atoms with E-state index < -0.39 is 0 Å². The van der Waals surface area contributed by atoms with Gasteiger partial charge in [-0.3, -0.25) is 4.79 Å². The smallest absolute Gasteiger partial charge is 0.142 e. The van der Waals surface area contributed by atoms with E-state index in [0.29, 0.717) is 29.0 Å². The van der Waals surface area contributed by atoms with Gasteiger partial charge in [-0.15, -0.1) is 0 Å². The molecule has 3 saturated carbocycles. The number of ketones is 1. The molecule has 0 heterocycles. The Morgan fingerprint density at radius 1 is 1.09 bits per heavy atom. The van der Waals surface area contributed by atoms with E-state index in [1.807, 2.05) is 0 Å². The summed E-state index contributed by atoms with van der Waals surface area (Å²) in [5, 5.41) is 0. The number of allylic oxidation sites excluding steroid dienone is 2. The summed E-state index contributed by atoms with van der Waals surface area (Å²) in [5.41, 5.74) is 2.23. The number of hydrogen-bond acceptors (Lipinski definition) is 1. The molecule has 0 N–H and O–H groups in total. The third-order valence-corrected chi connectivity index (χ3v) is 8.62. The maximum absolute atomic E-state index is 13.1. The molecular weight excluding hydrogens is 280 g/mol. The summed E-state index contributed by atoms with van der Waals surface area (Å²) in [4.78, 5) is 13.1. The van der Waals surface area contributed by atoms with Gasteiger partial charge in [-0.2, -0.15) is 0 Å². The highest BCUT2D eigenvalue weighted by atomic mass is 16.1. The first-order valence-electron chi connectivity index (χ1n) is 10.1. The van der Waals surface area contributed by atoms with E-state index >= 15 is 0 Å². The van der Waals surface area contributed by atoms with Crippen LogP contribution in [0.25, 0.3) is 0 Å². The van der Waals surface area contributed by atoms with Crippen molar-refractivity contribution in [2.24, 2.45) is 40.4 Å². The van der Waals surface area contributed by atoms with E-state index in [1.54, 1.807) is 5.57 Å².